The molecule has 2 rings (SSSR count). The zero-order chi connectivity index (χ0) is 14.2. The molecule has 0 radical (unpaired) electrons. The van der Waals surface area contributed by atoms with Crippen LogP contribution in [0.3, 0.4) is 0 Å². The lowest BCUT2D eigenvalue weighted by atomic mass is 10.1. The first-order valence-electron chi connectivity index (χ1n) is 5.29. The molecule has 1 amide bonds. The Hall–Kier alpha value is -2.03. The molecule has 0 aromatic carbocycles. The van der Waals surface area contributed by atoms with Crippen LogP contribution in [0.25, 0.3) is 0 Å². The fraction of sp³-hybridized carbons (Fsp3) is 0.400. The first kappa shape index (κ1) is 13.4. The molecule has 9 heteroatoms. The van der Waals surface area contributed by atoms with E-state index in [2.05, 4.69) is 0 Å². The number of carboxylic acid groups (broad SMARTS) is 1. The van der Waals surface area contributed by atoms with Gasteiger partial charge in [-0.05, 0) is 6.07 Å². The Morgan fingerprint density at radius 2 is 2.21 bits per heavy atom. The molecule has 7 nitrogen and oxygen atoms in total. The second-order valence-electron chi connectivity index (χ2n) is 4.14. The highest BCUT2D eigenvalue weighted by Gasteiger charge is 2.47. The molecule has 1 aliphatic heterocycles. The predicted octanol–water partition coefficient (Wildman–Crippen LogP) is 1.30. The number of nitrogens with zero attached hydrogens (tertiary/aromatic N) is 2. The van der Waals surface area contributed by atoms with Crippen molar-refractivity contribution in [3.63, 3.8) is 0 Å². The van der Waals surface area contributed by atoms with Crippen LogP contribution in [-0.2, 0) is 4.79 Å². The highest BCUT2D eigenvalue weighted by molar-refractivity contribution is 7.17. The first-order chi connectivity index (χ1) is 8.83. The number of carbonyl (C=O) groups excluding carboxylic acids is 1. The lowest BCUT2D eigenvalue weighted by Gasteiger charge is -2.16. The van der Waals surface area contributed by atoms with Gasteiger partial charge in [-0.25, -0.2) is 9.18 Å². The summed E-state index contributed by atoms with van der Waals surface area (Å²) in [6.07, 6.45) is -0.276. The second kappa shape index (κ2) is 4.57. The van der Waals surface area contributed by atoms with E-state index in [4.69, 9.17) is 5.11 Å². The molecule has 19 heavy (non-hydrogen) atoms. The van der Waals surface area contributed by atoms with Crippen LogP contribution in [0, 0.1) is 10.1 Å². The fourth-order valence-electron chi connectivity index (χ4n) is 1.82. The molecule has 102 valence electrons. The van der Waals surface area contributed by atoms with Gasteiger partial charge in [-0.15, -0.1) is 0 Å². The van der Waals surface area contributed by atoms with Gasteiger partial charge in [-0.3, -0.25) is 14.9 Å². The zero-order valence-corrected chi connectivity index (χ0v) is 10.4. The fourth-order valence-corrected chi connectivity index (χ4v) is 2.61. The Balaban J connectivity index is 2.13. The van der Waals surface area contributed by atoms with Gasteiger partial charge in [0.2, 0.25) is 5.67 Å². The summed E-state index contributed by atoms with van der Waals surface area (Å²) < 4.78 is 13.8. The van der Waals surface area contributed by atoms with Gasteiger partial charge >= 0.3 is 11.0 Å². The van der Waals surface area contributed by atoms with Crippen molar-refractivity contribution in [3.8, 4) is 0 Å². The molecule has 1 saturated heterocycles. The van der Waals surface area contributed by atoms with Gasteiger partial charge < -0.3 is 10.0 Å². The number of nitro groups is 1. The van der Waals surface area contributed by atoms with Crippen molar-refractivity contribution in [1.29, 1.82) is 0 Å². The van der Waals surface area contributed by atoms with Gasteiger partial charge in [-0.1, -0.05) is 11.3 Å². The van der Waals surface area contributed by atoms with Crippen molar-refractivity contribution < 1.29 is 24.0 Å². The lowest BCUT2D eigenvalue weighted by Crippen LogP contribution is -2.38. The van der Waals surface area contributed by atoms with E-state index < -0.39 is 29.0 Å². The summed E-state index contributed by atoms with van der Waals surface area (Å²) in [5.41, 5.74) is -2.43. The maximum Gasteiger partial charge on any atom is 0.343 e. The molecule has 0 saturated carbocycles. The van der Waals surface area contributed by atoms with Crippen LogP contribution in [0.2, 0.25) is 0 Å². The average molecular weight is 288 g/mol. The van der Waals surface area contributed by atoms with Gasteiger partial charge in [0.25, 0.3) is 5.91 Å². The van der Waals surface area contributed by atoms with E-state index in [1.54, 1.807) is 0 Å². The number of likely N-dealkylation sites (tertiary alicyclic amines) is 1. The van der Waals surface area contributed by atoms with Crippen LogP contribution in [0.4, 0.5) is 9.39 Å². The minimum Gasteiger partial charge on any atom is -0.479 e. The predicted molar refractivity (Wildman–Crippen MR) is 63.0 cm³/mol. The third-order valence-corrected chi connectivity index (χ3v) is 3.90. The summed E-state index contributed by atoms with van der Waals surface area (Å²) in [6.45, 7) is -0.555. The summed E-state index contributed by atoms with van der Waals surface area (Å²) in [5.74, 6) is -2.18. The van der Waals surface area contributed by atoms with Crippen LogP contribution in [0.5, 0.6) is 0 Å². The minimum absolute atomic E-state index is 0.0205. The smallest absolute Gasteiger partial charge is 0.343 e. The maximum absolute atomic E-state index is 13.8. The highest BCUT2D eigenvalue weighted by atomic mass is 32.1. The quantitative estimate of drug-likeness (QED) is 0.667. The Morgan fingerprint density at radius 3 is 2.68 bits per heavy atom. The monoisotopic (exact) mass is 288 g/mol. The van der Waals surface area contributed by atoms with Gasteiger partial charge in [-0.2, -0.15) is 0 Å². The van der Waals surface area contributed by atoms with Crippen molar-refractivity contribution in [2.24, 2.45) is 0 Å². The van der Waals surface area contributed by atoms with Crippen molar-refractivity contribution in [1.82, 2.24) is 4.90 Å². The molecular weight excluding hydrogens is 279 g/mol. The van der Waals surface area contributed by atoms with Crippen LogP contribution in [0.1, 0.15) is 16.1 Å². The molecule has 0 aliphatic carbocycles. The molecule has 1 aliphatic rings. The number of carboxylic acids is 1. The van der Waals surface area contributed by atoms with Crippen LogP contribution in [-0.4, -0.2) is 45.6 Å². The number of amides is 1. The largest absolute Gasteiger partial charge is 0.479 e. The first-order valence-corrected chi connectivity index (χ1v) is 6.11. The van der Waals surface area contributed by atoms with E-state index in [9.17, 15) is 24.1 Å². The van der Waals surface area contributed by atoms with Crippen molar-refractivity contribution in [3.05, 3.63) is 27.1 Å². The summed E-state index contributed by atoms with van der Waals surface area (Å²) in [7, 11) is 0. The number of hydrogen-bond donors (Lipinski definition) is 1. The molecule has 1 N–H and O–H groups in total. The van der Waals surface area contributed by atoms with Crippen molar-refractivity contribution >= 4 is 28.2 Å². The molecule has 1 atom stereocenters. The molecular formula is C10H9FN2O5S. The van der Waals surface area contributed by atoms with E-state index in [0.717, 1.165) is 4.90 Å². The van der Waals surface area contributed by atoms with Crippen LogP contribution in [0.15, 0.2) is 12.1 Å². The summed E-state index contributed by atoms with van der Waals surface area (Å²) in [6, 6.07) is 2.47. The van der Waals surface area contributed by atoms with E-state index in [1.165, 1.54) is 12.1 Å². The molecule has 1 unspecified atom stereocenters. The van der Waals surface area contributed by atoms with Crippen LogP contribution < -0.4 is 0 Å². The number of thiophene rings is 1. The summed E-state index contributed by atoms with van der Waals surface area (Å²) >= 11 is 0.684. The minimum atomic E-state index is -2.43. The molecule has 2 heterocycles. The SMILES string of the molecule is O=C(c1ccc([N+](=O)[O-])s1)N1CCC(F)(C(=O)O)C1. The number of rotatable bonds is 3. The highest BCUT2D eigenvalue weighted by Crippen LogP contribution is 2.30. The topological polar surface area (TPSA) is 101 Å². The van der Waals surface area contributed by atoms with Gasteiger partial charge in [0.05, 0.1) is 16.3 Å². The van der Waals surface area contributed by atoms with E-state index >= 15 is 0 Å². The average Bonchev–Trinajstić information content (AvgIpc) is 2.95. The standard InChI is InChI=1S/C10H9FN2O5S/c11-10(9(15)16)3-4-12(5-10)8(14)6-1-2-7(19-6)13(17)18/h1-2H,3-5H2,(H,15,16). The van der Waals surface area contributed by atoms with Crippen molar-refractivity contribution in [2.45, 2.75) is 12.1 Å². The molecule has 1 aromatic rings. The zero-order valence-electron chi connectivity index (χ0n) is 9.54. The molecule has 0 spiro atoms. The number of halogens is 1. The summed E-state index contributed by atoms with van der Waals surface area (Å²) in [4.78, 5) is 33.7. The van der Waals surface area contributed by atoms with Crippen molar-refractivity contribution in [2.75, 3.05) is 13.1 Å². The number of aliphatic carboxylic acids is 1. The van der Waals surface area contributed by atoms with E-state index in [0.29, 0.717) is 11.3 Å². The third-order valence-electron chi connectivity index (χ3n) is 2.87. The number of alkyl halides is 1. The van der Waals surface area contributed by atoms with Gasteiger partial charge in [0, 0.05) is 19.0 Å². The second-order valence-corrected chi connectivity index (χ2v) is 5.20. The Kier molecular flexibility index (Phi) is 3.23. The maximum atomic E-state index is 13.8. The number of hydrogen-bond acceptors (Lipinski definition) is 5. The van der Waals surface area contributed by atoms with E-state index in [-0.39, 0.29) is 22.8 Å². The molecule has 0 bridgehead atoms. The van der Waals surface area contributed by atoms with Gasteiger partial charge in [0.1, 0.15) is 0 Å². The Morgan fingerprint density at radius 1 is 1.53 bits per heavy atom. The normalized spacial score (nSPS) is 22.5. The van der Waals surface area contributed by atoms with Crippen LogP contribution >= 0.6 is 11.3 Å². The van der Waals surface area contributed by atoms with E-state index in [1.807, 2.05) is 0 Å². The number of carbonyl (C=O) groups is 2. The molecule has 1 aromatic heterocycles. The van der Waals surface area contributed by atoms with Gasteiger partial charge in [0.15, 0.2) is 0 Å². The lowest BCUT2D eigenvalue weighted by molar-refractivity contribution is -0.380. The Bertz CT molecular complexity index is 560. The third kappa shape index (κ3) is 2.41. The summed E-state index contributed by atoms with van der Waals surface area (Å²) in [5, 5.41) is 19.0. The Labute approximate surface area is 110 Å². The molecule has 1 fully saturated rings.